The van der Waals surface area contributed by atoms with E-state index in [1.807, 2.05) is 60.7 Å². The van der Waals surface area contributed by atoms with Crippen molar-refractivity contribution >= 4 is 43.6 Å². The largest absolute Gasteiger partial charge is 0.309 e. The second-order valence-corrected chi connectivity index (χ2v) is 15.3. The first-order valence-electron chi connectivity index (χ1n) is 20.1. The van der Waals surface area contributed by atoms with E-state index in [4.69, 9.17) is 15.0 Å². The fourth-order valence-corrected chi connectivity index (χ4v) is 9.35. The SMILES string of the molecule is Cc1c(-c2ccc(-c3nc(-c4ccccc4)nc(-c4ccccc4)n3)cc2)c(C)c(-n2c3ccccc3c3ccccc32)c(C)c1-n1c2ccccc2c2ccccc21. The molecule has 59 heavy (non-hydrogen) atoms. The molecule has 0 fully saturated rings. The first kappa shape index (κ1) is 34.6. The molecule has 0 bridgehead atoms. The van der Waals surface area contributed by atoms with E-state index in [0.717, 1.165) is 22.3 Å². The van der Waals surface area contributed by atoms with Crippen LogP contribution in [0.5, 0.6) is 0 Å². The fraction of sp³-hybridized carbons (Fsp3) is 0.0556. The summed E-state index contributed by atoms with van der Waals surface area (Å²) in [5, 5.41) is 4.98. The van der Waals surface area contributed by atoms with Gasteiger partial charge in [0.15, 0.2) is 17.5 Å². The molecular weight excluding hydrogens is 719 g/mol. The zero-order valence-electron chi connectivity index (χ0n) is 33.1. The molecule has 5 heteroatoms. The van der Waals surface area contributed by atoms with Crippen LogP contribution in [0.4, 0.5) is 0 Å². The molecule has 280 valence electrons. The molecule has 3 heterocycles. The second kappa shape index (κ2) is 13.8. The van der Waals surface area contributed by atoms with Crippen molar-refractivity contribution in [1.82, 2.24) is 24.1 Å². The van der Waals surface area contributed by atoms with Gasteiger partial charge >= 0.3 is 0 Å². The summed E-state index contributed by atoms with van der Waals surface area (Å²) in [6.45, 7) is 6.89. The summed E-state index contributed by atoms with van der Waals surface area (Å²) in [6, 6.07) is 64.2. The van der Waals surface area contributed by atoms with Crippen LogP contribution in [-0.4, -0.2) is 24.1 Å². The van der Waals surface area contributed by atoms with Crippen LogP contribution in [-0.2, 0) is 0 Å². The van der Waals surface area contributed by atoms with E-state index in [-0.39, 0.29) is 0 Å². The number of rotatable bonds is 6. The minimum absolute atomic E-state index is 0.638. The summed E-state index contributed by atoms with van der Waals surface area (Å²) in [6.07, 6.45) is 0. The Morgan fingerprint density at radius 2 is 0.576 bits per heavy atom. The lowest BCUT2D eigenvalue weighted by atomic mass is 9.89. The number of hydrogen-bond donors (Lipinski definition) is 0. The summed E-state index contributed by atoms with van der Waals surface area (Å²) >= 11 is 0. The maximum absolute atomic E-state index is 5.03. The van der Waals surface area contributed by atoms with Crippen molar-refractivity contribution < 1.29 is 0 Å². The highest BCUT2D eigenvalue weighted by Crippen LogP contribution is 2.44. The third kappa shape index (κ3) is 5.50. The summed E-state index contributed by atoms with van der Waals surface area (Å²) in [5.74, 6) is 1.93. The number of nitrogens with zero attached hydrogens (tertiary/aromatic N) is 5. The van der Waals surface area contributed by atoms with Gasteiger partial charge in [0.1, 0.15) is 0 Å². The molecule has 0 aliphatic heterocycles. The molecule has 3 aromatic heterocycles. The molecule has 0 aliphatic carbocycles. The first-order chi connectivity index (χ1) is 29.0. The molecule has 8 aromatic carbocycles. The normalized spacial score (nSPS) is 11.6. The second-order valence-electron chi connectivity index (χ2n) is 15.3. The lowest BCUT2D eigenvalue weighted by molar-refractivity contribution is 1.06. The summed E-state index contributed by atoms with van der Waals surface area (Å²) in [7, 11) is 0. The molecule has 0 unspecified atom stereocenters. The Morgan fingerprint density at radius 1 is 0.288 bits per heavy atom. The third-order valence-corrected chi connectivity index (χ3v) is 11.9. The van der Waals surface area contributed by atoms with Crippen molar-refractivity contribution in [1.29, 1.82) is 0 Å². The summed E-state index contributed by atoms with van der Waals surface area (Å²) < 4.78 is 4.98. The van der Waals surface area contributed by atoms with Crippen molar-refractivity contribution in [3.05, 3.63) is 199 Å². The van der Waals surface area contributed by atoms with Crippen molar-refractivity contribution in [2.75, 3.05) is 0 Å². The van der Waals surface area contributed by atoms with Gasteiger partial charge in [0.25, 0.3) is 0 Å². The van der Waals surface area contributed by atoms with Crippen molar-refractivity contribution in [3.63, 3.8) is 0 Å². The molecule has 0 radical (unpaired) electrons. The highest BCUT2D eigenvalue weighted by atomic mass is 15.0. The fourth-order valence-electron chi connectivity index (χ4n) is 9.35. The Balaban J connectivity index is 1.17. The van der Waals surface area contributed by atoms with Gasteiger partial charge in [0.05, 0.1) is 33.4 Å². The maximum atomic E-state index is 5.03. The average molecular weight is 758 g/mol. The maximum Gasteiger partial charge on any atom is 0.164 e. The Hall–Kier alpha value is -7.63. The molecule has 0 amide bonds. The Bertz CT molecular complexity index is 3090. The predicted octanol–water partition coefficient (Wildman–Crippen LogP) is 13.7. The molecule has 11 aromatic rings. The van der Waals surface area contributed by atoms with Gasteiger partial charge in [-0.3, -0.25) is 0 Å². The topological polar surface area (TPSA) is 48.5 Å². The van der Waals surface area contributed by atoms with Gasteiger partial charge in [-0.1, -0.05) is 158 Å². The number of aromatic nitrogens is 5. The van der Waals surface area contributed by atoms with Crippen molar-refractivity contribution in [3.8, 4) is 56.7 Å². The summed E-state index contributed by atoms with van der Waals surface area (Å²) in [5.41, 5.74) is 16.0. The third-order valence-electron chi connectivity index (χ3n) is 11.9. The van der Waals surface area contributed by atoms with Gasteiger partial charge in [-0.25, -0.2) is 15.0 Å². The van der Waals surface area contributed by atoms with Gasteiger partial charge in [0.2, 0.25) is 0 Å². The molecule has 0 N–H and O–H groups in total. The molecule has 11 rings (SSSR count). The van der Waals surface area contributed by atoms with E-state index in [0.29, 0.717) is 17.5 Å². The first-order valence-corrected chi connectivity index (χ1v) is 20.1. The predicted molar refractivity (Wildman–Crippen MR) is 244 cm³/mol. The van der Waals surface area contributed by atoms with Gasteiger partial charge < -0.3 is 9.13 Å². The highest BCUT2D eigenvalue weighted by molar-refractivity contribution is 6.11. The summed E-state index contributed by atoms with van der Waals surface area (Å²) in [4.78, 5) is 15.0. The highest BCUT2D eigenvalue weighted by Gasteiger charge is 2.26. The molecule has 5 nitrogen and oxygen atoms in total. The van der Waals surface area contributed by atoms with Crippen LogP contribution in [0, 0.1) is 20.8 Å². The van der Waals surface area contributed by atoms with E-state index in [1.165, 1.54) is 77.2 Å². The van der Waals surface area contributed by atoms with Crippen LogP contribution in [0.1, 0.15) is 16.7 Å². The van der Waals surface area contributed by atoms with Gasteiger partial charge in [-0.15, -0.1) is 0 Å². The van der Waals surface area contributed by atoms with Gasteiger partial charge in [0, 0.05) is 38.2 Å². The molecule has 0 saturated heterocycles. The lowest BCUT2D eigenvalue weighted by Crippen LogP contribution is -2.10. The number of benzene rings is 8. The van der Waals surface area contributed by atoms with E-state index in [9.17, 15) is 0 Å². The molecule has 0 saturated carbocycles. The van der Waals surface area contributed by atoms with Crippen molar-refractivity contribution in [2.45, 2.75) is 20.8 Å². The Morgan fingerprint density at radius 3 is 0.932 bits per heavy atom. The lowest BCUT2D eigenvalue weighted by Gasteiger charge is -2.26. The number of fused-ring (bicyclic) bond motifs is 6. The van der Waals surface area contributed by atoms with E-state index in [1.54, 1.807) is 0 Å². The smallest absolute Gasteiger partial charge is 0.164 e. The molecule has 0 atom stereocenters. The van der Waals surface area contributed by atoms with Crippen LogP contribution in [0.15, 0.2) is 182 Å². The Kier molecular flexibility index (Phi) is 8.09. The van der Waals surface area contributed by atoms with Crippen LogP contribution in [0.25, 0.3) is 100 Å². The minimum atomic E-state index is 0.638. The standard InChI is InChI=1S/C54H39N5/c1-34-49(37-30-32-40(33-31-37)54-56-52(38-18-6-4-7-19-38)55-53(57-54)39-20-8-5-9-21-39)35(2)51(59-47-28-16-12-24-43(47)44-25-13-17-29-48(44)59)36(3)50(34)58-45-26-14-10-22-41(45)42-23-11-15-27-46(42)58/h4-33H,1-3H3. The molecular formula is C54H39N5. The minimum Gasteiger partial charge on any atom is -0.309 e. The van der Waals surface area contributed by atoms with Gasteiger partial charge in [-0.2, -0.15) is 0 Å². The van der Waals surface area contributed by atoms with Crippen LogP contribution < -0.4 is 0 Å². The zero-order valence-corrected chi connectivity index (χ0v) is 33.1. The number of para-hydroxylation sites is 4. The van der Waals surface area contributed by atoms with Crippen LogP contribution in [0.2, 0.25) is 0 Å². The van der Waals surface area contributed by atoms with Crippen molar-refractivity contribution in [2.24, 2.45) is 0 Å². The average Bonchev–Trinajstić information content (AvgIpc) is 3.80. The molecule has 0 spiro atoms. The zero-order chi connectivity index (χ0) is 39.6. The number of hydrogen-bond acceptors (Lipinski definition) is 3. The monoisotopic (exact) mass is 757 g/mol. The van der Waals surface area contributed by atoms with Crippen LogP contribution in [0.3, 0.4) is 0 Å². The Labute approximate surface area is 342 Å². The van der Waals surface area contributed by atoms with Gasteiger partial charge in [-0.05, 0) is 72.9 Å². The van der Waals surface area contributed by atoms with Crippen LogP contribution >= 0.6 is 0 Å². The van der Waals surface area contributed by atoms with E-state index >= 15 is 0 Å². The van der Waals surface area contributed by atoms with E-state index in [2.05, 4.69) is 151 Å². The van der Waals surface area contributed by atoms with E-state index < -0.39 is 0 Å². The molecule has 0 aliphatic rings. The quantitative estimate of drug-likeness (QED) is 0.170.